The summed E-state index contributed by atoms with van der Waals surface area (Å²) < 4.78 is 39.0. The highest BCUT2D eigenvalue weighted by atomic mass is 32.2. The van der Waals surface area contributed by atoms with E-state index in [1.54, 1.807) is 43.5 Å². The van der Waals surface area contributed by atoms with Crippen LogP contribution in [-0.2, 0) is 23.0 Å². The third-order valence-electron chi connectivity index (χ3n) is 5.66. The quantitative estimate of drug-likeness (QED) is 0.393. The molecule has 0 aliphatic carbocycles. The number of methoxy groups -OCH3 is 2. The molecule has 0 amide bonds. The summed E-state index contributed by atoms with van der Waals surface area (Å²) in [5.74, 6) is 1.21. The van der Waals surface area contributed by atoms with Crippen LogP contribution in [0.3, 0.4) is 0 Å². The Bertz CT molecular complexity index is 1430. The normalized spacial score (nSPS) is 11.6. The number of ether oxygens (including phenoxy) is 2. The van der Waals surface area contributed by atoms with Crippen LogP contribution in [0.1, 0.15) is 11.1 Å². The van der Waals surface area contributed by atoms with E-state index in [1.807, 2.05) is 30.3 Å². The molecule has 8 heteroatoms. The van der Waals surface area contributed by atoms with Crippen LogP contribution in [0.5, 0.6) is 11.5 Å². The largest absolute Gasteiger partial charge is 0.497 e. The number of benzene rings is 3. The molecule has 34 heavy (non-hydrogen) atoms. The van der Waals surface area contributed by atoms with Crippen molar-refractivity contribution in [2.45, 2.75) is 17.9 Å². The highest BCUT2D eigenvalue weighted by Gasteiger charge is 2.25. The van der Waals surface area contributed by atoms with Crippen LogP contribution in [0.2, 0.25) is 0 Å². The lowest BCUT2D eigenvalue weighted by Crippen LogP contribution is -2.34. The third-order valence-corrected chi connectivity index (χ3v) is 7.52. The molecule has 0 fully saturated rings. The molecule has 0 radical (unpaired) electrons. The van der Waals surface area contributed by atoms with Gasteiger partial charge in [-0.15, -0.1) is 0 Å². The predicted octanol–water partition coefficient (Wildman–Crippen LogP) is 3.98. The molecule has 1 heterocycles. The second-order valence-corrected chi connectivity index (χ2v) is 9.76. The zero-order chi connectivity index (χ0) is 24.1. The highest BCUT2D eigenvalue weighted by molar-refractivity contribution is 7.89. The van der Waals surface area contributed by atoms with Gasteiger partial charge in [0.15, 0.2) is 0 Å². The molecule has 0 bridgehead atoms. The average molecular weight is 479 g/mol. The van der Waals surface area contributed by atoms with Gasteiger partial charge >= 0.3 is 0 Å². The number of nitrogens with zero attached hydrogens (tertiary/aromatic N) is 1. The fourth-order valence-corrected chi connectivity index (χ4v) is 5.16. The van der Waals surface area contributed by atoms with E-state index in [0.717, 1.165) is 10.9 Å². The van der Waals surface area contributed by atoms with Gasteiger partial charge in [0.1, 0.15) is 11.5 Å². The molecule has 176 valence electrons. The predicted molar refractivity (Wildman–Crippen MR) is 132 cm³/mol. The maximum absolute atomic E-state index is 13.6. The van der Waals surface area contributed by atoms with Crippen LogP contribution in [0.4, 0.5) is 0 Å². The first-order chi connectivity index (χ1) is 16.4. The van der Waals surface area contributed by atoms with Crippen molar-refractivity contribution < 1.29 is 17.9 Å². The summed E-state index contributed by atoms with van der Waals surface area (Å²) in [4.78, 5) is 15.8. The molecule has 4 aromatic rings. The first-order valence-corrected chi connectivity index (χ1v) is 12.2. The Morgan fingerprint density at radius 2 is 1.53 bits per heavy atom. The van der Waals surface area contributed by atoms with E-state index in [2.05, 4.69) is 4.98 Å². The molecule has 0 saturated heterocycles. The number of pyridine rings is 1. The minimum Gasteiger partial charge on any atom is -0.497 e. The minimum atomic E-state index is -3.88. The van der Waals surface area contributed by atoms with E-state index in [9.17, 15) is 13.2 Å². The van der Waals surface area contributed by atoms with Crippen LogP contribution >= 0.6 is 0 Å². The van der Waals surface area contributed by atoms with Gasteiger partial charge in [-0.3, -0.25) is 4.79 Å². The fraction of sp³-hybridized carbons (Fsp3) is 0.192. The summed E-state index contributed by atoms with van der Waals surface area (Å²) in [6.07, 6.45) is 0.509. The van der Waals surface area contributed by atoms with Gasteiger partial charge in [0.2, 0.25) is 10.0 Å². The van der Waals surface area contributed by atoms with Crippen molar-refractivity contribution in [2.75, 3.05) is 20.8 Å². The molecule has 0 atom stereocenters. The summed E-state index contributed by atoms with van der Waals surface area (Å²) >= 11 is 0. The molecule has 4 rings (SSSR count). The van der Waals surface area contributed by atoms with Crippen molar-refractivity contribution in [3.05, 3.63) is 100 Å². The number of aromatic amines is 1. The summed E-state index contributed by atoms with van der Waals surface area (Å²) in [5, 5.41) is 0.763. The lowest BCUT2D eigenvalue weighted by molar-refractivity contribution is 0.406. The van der Waals surface area contributed by atoms with E-state index in [1.165, 1.54) is 23.5 Å². The van der Waals surface area contributed by atoms with Crippen molar-refractivity contribution in [2.24, 2.45) is 0 Å². The fourth-order valence-electron chi connectivity index (χ4n) is 3.74. The maximum atomic E-state index is 13.6. The van der Waals surface area contributed by atoms with Crippen molar-refractivity contribution in [3.63, 3.8) is 0 Å². The Hall–Kier alpha value is -3.62. The molecule has 0 aliphatic rings. The third kappa shape index (κ3) is 5.13. The topological polar surface area (TPSA) is 88.7 Å². The van der Waals surface area contributed by atoms with Gasteiger partial charge in [0.25, 0.3) is 5.56 Å². The molecule has 0 aliphatic heterocycles. The van der Waals surface area contributed by atoms with Gasteiger partial charge in [0, 0.05) is 29.6 Å². The summed E-state index contributed by atoms with van der Waals surface area (Å²) in [5.41, 5.74) is 1.69. The van der Waals surface area contributed by atoms with E-state index in [0.29, 0.717) is 29.0 Å². The standard InChI is InChI=1S/C26H26N2O5S/c1-32-22-8-11-24(12-9-22)34(30,31)28(15-14-19-6-4-3-5-7-19)18-21-16-20-17-23(33-2)10-13-25(20)27-26(21)29/h3-13,16-17H,14-15,18H2,1-2H3,(H,27,29). The second-order valence-electron chi connectivity index (χ2n) is 7.83. The van der Waals surface area contributed by atoms with E-state index in [-0.39, 0.29) is 23.5 Å². The van der Waals surface area contributed by atoms with Gasteiger partial charge in [-0.05, 0) is 60.5 Å². The SMILES string of the molecule is COc1ccc(S(=O)(=O)N(CCc2ccccc2)Cc2cc3cc(OC)ccc3[nH]c2=O)cc1. The number of fused-ring (bicyclic) bond motifs is 1. The van der Waals surface area contributed by atoms with Gasteiger partial charge < -0.3 is 14.5 Å². The highest BCUT2D eigenvalue weighted by Crippen LogP contribution is 2.23. The van der Waals surface area contributed by atoms with Gasteiger partial charge in [-0.25, -0.2) is 8.42 Å². The summed E-state index contributed by atoms with van der Waals surface area (Å²) in [6.45, 7) is 0.150. The van der Waals surface area contributed by atoms with E-state index in [4.69, 9.17) is 9.47 Å². The molecule has 0 saturated carbocycles. The second kappa shape index (κ2) is 10.1. The Kier molecular flexibility index (Phi) is 7.00. The Balaban J connectivity index is 1.71. The Morgan fingerprint density at radius 1 is 0.853 bits per heavy atom. The Labute approximate surface area is 198 Å². The Morgan fingerprint density at radius 3 is 2.21 bits per heavy atom. The van der Waals surface area contributed by atoms with E-state index >= 15 is 0 Å². The number of nitrogens with one attached hydrogen (secondary N) is 1. The molecular formula is C26H26N2O5S. The number of hydrogen-bond donors (Lipinski definition) is 1. The van der Waals surface area contributed by atoms with Crippen molar-refractivity contribution >= 4 is 20.9 Å². The van der Waals surface area contributed by atoms with Crippen LogP contribution in [0, 0.1) is 0 Å². The maximum Gasteiger partial charge on any atom is 0.252 e. The summed E-state index contributed by atoms with van der Waals surface area (Å²) in [6, 6.07) is 22.9. The average Bonchev–Trinajstić information content (AvgIpc) is 2.87. The molecule has 1 aromatic heterocycles. The zero-order valence-corrected chi connectivity index (χ0v) is 19.8. The number of aromatic nitrogens is 1. The van der Waals surface area contributed by atoms with Gasteiger partial charge in [-0.1, -0.05) is 30.3 Å². The molecule has 1 N–H and O–H groups in total. The van der Waals surface area contributed by atoms with Crippen molar-refractivity contribution in [1.29, 1.82) is 0 Å². The van der Waals surface area contributed by atoms with Gasteiger partial charge in [-0.2, -0.15) is 4.31 Å². The molecular weight excluding hydrogens is 452 g/mol. The first kappa shape index (κ1) is 23.5. The number of rotatable bonds is 9. The first-order valence-electron chi connectivity index (χ1n) is 10.8. The van der Waals surface area contributed by atoms with Crippen LogP contribution < -0.4 is 15.0 Å². The molecule has 0 unspecified atom stereocenters. The van der Waals surface area contributed by atoms with Crippen LogP contribution in [0.25, 0.3) is 10.9 Å². The molecule has 0 spiro atoms. The smallest absolute Gasteiger partial charge is 0.252 e. The van der Waals surface area contributed by atoms with Gasteiger partial charge in [0.05, 0.1) is 19.1 Å². The number of sulfonamides is 1. The molecule has 3 aromatic carbocycles. The van der Waals surface area contributed by atoms with Crippen LogP contribution in [-0.4, -0.2) is 38.5 Å². The van der Waals surface area contributed by atoms with Crippen LogP contribution in [0.15, 0.2) is 88.6 Å². The minimum absolute atomic E-state index is 0.0658. The lowest BCUT2D eigenvalue weighted by Gasteiger charge is -2.22. The molecule has 7 nitrogen and oxygen atoms in total. The zero-order valence-electron chi connectivity index (χ0n) is 19.0. The van der Waals surface area contributed by atoms with Crippen molar-refractivity contribution in [3.8, 4) is 11.5 Å². The number of H-pyrrole nitrogens is 1. The monoisotopic (exact) mass is 478 g/mol. The number of hydrogen-bond acceptors (Lipinski definition) is 5. The van der Waals surface area contributed by atoms with E-state index < -0.39 is 10.0 Å². The van der Waals surface area contributed by atoms with Crippen molar-refractivity contribution in [1.82, 2.24) is 9.29 Å². The summed E-state index contributed by atoms with van der Waals surface area (Å²) in [7, 11) is -0.783. The lowest BCUT2D eigenvalue weighted by atomic mass is 10.1.